The summed E-state index contributed by atoms with van der Waals surface area (Å²) < 4.78 is 84.7. The molecule has 2 aliphatic rings. The van der Waals surface area contributed by atoms with Gasteiger partial charge in [0.15, 0.2) is 0 Å². The molecule has 0 saturated heterocycles. The Morgan fingerprint density at radius 1 is 0.625 bits per heavy atom. The summed E-state index contributed by atoms with van der Waals surface area (Å²) in [5.41, 5.74) is 4.32. The van der Waals surface area contributed by atoms with Gasteiger partial charge in [-0.2, -0.15) is 0 Å². The van der Waals surface area contributed by atoms with E-state index in [0.717, 1.165) is 0 Å². The molecule has 8 bridgehead atoms. The first-order chi connectivity index (χ1) is 22.4. The van der Waals surface area contributed by atoms with Gasteiger partial charge in [0.25, 0.3) is 0 Å². The minimum Gasteiger partial charge on any atom is -0.744 e. The van der Waals surface area contributed by atoms with E-state index in [1.54, 1.807) is 26.0 Å². The maximum atomic E-state index is 12.5. The molecule has 2 aliphatic heterocycles. The minimum atomic E-state index is -5.07. The van der Waals surface area contributed by atoms with Crippen LogP contribution in [0, 0.1) is 13.8 Å². The Morgan fingerprint density at radius 2 is 1.00 bits per heavy atom. The molecule has 0 amide bonds. The second-order valence-corrected chi connectivity index (χ2v) is 14.1. The Hall–Kier alpha value is -4.64. The van der Waals surface area contributed by atoms with Crippen molar-refractivity contribution in [3.05, 3.63) is 58.2 Å². The van der Waals surface area contributed by atoms with Gasteiger partial charge < -0.3 is 28.5 Å². The molecule has 0 spiro atoms. The van der Waals surface area contributed by atoms with E-state index in [-0.39, 0.29) is 64.6 Å². The molecular formula is C32H32N4O10S2-2. The van der Waals surface area contributed by atoms with Crippen LogP contribution in [0.2, 0.25) is 0 Å². The van der Waals surface area contributed by atoms with Crippen LogP contribution in [0.25, 0.3) is 44.4 Å². The van der Waals surface area contributed by atoms with Gasteiger partial charge in [-0.1, -0.05) is 0 Å². The molecule has 0 radical (unpaired) electrons. The zero-order valence-electron chi connectivity index (χ0n) is 26.9. The normalized spacial score (nSPS) is 13.7. The number of methoxy groups -OCH3 is 2. The molecule has 0 fully saturated rings. The van der Waals surface area contributed by atoms with Crippen LogP contribution in [0.1, 0.15) is 73.4 Å². The van der Waals surface area contributed by atoms with Crippen LogP contribution < -0.4 is 0 Å². The van der Waals surface area contributed by atoms with Crippen LogP contribution in [-0.2, 0) is 39.3 Å². The maximum absolute atomic E-state index is 12.5. The molecule has 0 unspecified atom stereocenters. The number of aryl methyl sites for hydroxylation is 2. The van der Waals surface area contributed by atoms with E-state index in [1.807, 2.05) is 0 Å². The molecule has 0 saturated carbocycles. The van der Waals surface area contributed by atoms with E-state index in [9.17, 15) is 35.5 Å². The zero-order chi connectivity index (χ0) is 35.3. The van der Waals surface area contributed by atoms with Crippen molar-refractivity contribution >= 4 is 76.5 Å². The third kappa shape index (κ3) is 6.56. The Kier molecular flexibility index (Phi) is 9.22. The molecule has 254 valence electrons. The summed E-state index contributed by atoms with van der Waals surface area (Å²) >= 11 is 0. The third-order valence-corrected chi connectivity index (χ3v) is 10.6. The summed E-state index contributed by atoms with van der Waals surface area (Å²) in [6.07, 6.45) is 0.503. The Balaban J connectivity index is 1.97. The molecule has 5 rings (SSSR count). The third-order valence-electron chi connectivity index (χ3n) is 8.53. The highest BCUT2D eigenvalue weighted by Crippen LogP contribution is 2.38. The summed E-state index contributed by atoms with van der Waals surface area (Å²) in [7, 11) is -7.56. The van der Waals surface area contributed by atoms with E-state index in [1.165, 1.54) is 40.2 Å². The van der Waals surface area contributed by atoms with E-state index in [0.29, 0.717) is 39.4 Å². The lowest BCUT2D eigenvalue weighted by Gasteiger charge is -2.07. The van der Waals surface area contributed by atoms with Gasteiger partial charge in [0.05, 0.1) is 57.8 Å². The number of nitrogens with one attached hydrogen (secondary N) is 2. The number of H-pyrrole nitrogens is 2. The SMILES string of the molecule is COC(=O)CCC1=C(C)c2cc3[nH]c(cc4[nH]c(cc5nc(cc1n2)C(CCC(=O)OC)=C5C)c(S(=O)(=O)[O-])c4C)c(S(=O)(=O)[O-])c3C. The van der Waals surface area contributed by atoms with Gasteiger partial charge in [-0.15, -0.1) is 0 Å². The lowest BCUT2D eigenvalue weighted by atomic mass is 9.98. The molecule has 0 aromatic carbocycles. The van der Waals surface area contributed by atoms with Crippen molar-refractivity contribution in [3.63, 3.8) is 0 Å². The second-order valence-electron chi connectivity index (χ2n) is 11.4. The predicted molar refractivity (Wildman–Crippen MR) is 174 cm³/mol. The summed E-state index contributed by atoms with van der Waals surface area (Å²) in [6.45, 7) is 6.36. The van der Waals surface area contributed by atoms with Crippen molar-refractivity contribution in [2.24, 2.45) is 0 Å². The molecule has 0 aliphatic carbocycles. The summed E-state index contributed by atoms with van der Waals surface area (Å²) in [4.78, 5) is 38.5. The van der Waals surface area contributed by atoms with Gasteiger partial charge in [0.1, 0.15) is 20.2 Å². The fourth-order valence-corrected chi connectivity index (χ4v) is 7.72. The number of allylic oxidation sites excluding steroid dienone is 4. The fraction of sp³-hybridized carbons (Fsp3) is 0.312. The molecule has 3 aromatic heterocycles. The first-order valence-electron chi connectivity index (χ1n) is 14.7. The van der Waals surface area contributed by atoms with Crippen LogP contribution in [0.5, 0.6) is 0 Å². The number of aromatic amines is 2. The van der Waals surface area contributed by atoms with Gasteiger partial charge in [-0.3, -0.25) is 9.59 Å². The number of aromatic nitrogens is 4. The average molecular weight is 697 g/mol. The van der Waals surface area contributed by atoms with Crippen LogP contribution >= 0.6 is 0 Å². The number of ether oxygens (including phenoxy) is 2. The first kappa shape index (κ1) is 34.7. The van der Waals surface area contributed by atoms with Gasteiger partial charge in [-0.05, 0) is 98.2 Å². The van der Waals surface area contributed by atoms with Gasteiger partial charge in [0, 0.05) is 23.9 Å². The Labute approximate surface area is 276 Å². The van der Waals surface area contributed by atoms with Gasteiger partial charge in [-0.25, -0.2) is 26.8 Å². The monoisotopic (exact) mass is 696 g/mol. The van der Waals surface area contributed by atoms with Crippen molar-refractivity contribution in [3.8, 4) is 0 Å². The molecule has 0 atom stereocenters. The predicted octanol–water partition coefficient (Wildman–Crippen LogP) is 4.51. The molecule has 16 heteroatoms. The summed E-state index contributed by atoms with van der Waals surface area (Å²) in [5.74, 6) is -0.901. The highest BCUT2D eigenvalue weighted by Gasteiger charge is 2.24. The quantitative estimate of drug-likeness (QED) is 0.245. The molecular weight excluding hydrogens is 665 g/mol. The largest absolute Gasteiger partial charge is 0.744 e. The number of carbonyl (C=O) groups is 2. The number of carbonyl (C=O) groups excluding carboxylic acids is 2. The standard InChI is InChI=1S/C32H34N4O10S2/c1-15-19(7-9-29(37)45-5)25-14-26-20(8-10-30(38)46-6)16(2)22(34-26)12-27-32(48(42,43)44)18(4)24(36-27)13-28-31(47(39,40)41)17(3)23(35-28)11-21(15)33-25/h11-14,35-36H,7-10H2,1-6H3,(H,39,40,41)(H,42,43,44)/p-2. The van der Waals surface area contributed by atoms with Crippen LogP contribution in [-0.4, -0.2) is 72.0 Å². The first-order valence-corrected chi connectivity index (χ1v) is 17.5. The van der Waals surface area contributed by atoms with E-state index in [2.05, 4.69) is 9.97 Å². The van der Waals surface area contributed by atoms with Gasteiger partial charge >= 0.3 is 11.9 Å². The number of hydrogen-bond donors (Lipinski definition) is 2. The van der Waals surface area contributed by atoms with Crippen LogP contribution in [0.4, 0.5) is 0 Å². The van der Waals surface area contributed by atoms with Crippen molar-refractivity contribution in [1.29, 1.82) is 0 Å². The molecule has 3 aromatic rings. The number of hydrogen-bond acceptors (Lipinski definition) is 12. The van der Waals surface area contributed by atoms with Crippen molar-refractivity contribution in [1.82, 2.24) is 19.9 Å². The van der Waals surface area contributed by atoms with E-state index >= 15 is 0 Å². The summed E-state index contributed by atoms with van der Waals surface area (Å²) in [6, 6.07) is 5.90. The average Bonchev–Trinajstić information content (AvgIpc) is 3.67. The number of rotatable bonds is 8. The minimum absolute atomic E-state index is 0.00233. The van der Waals surface area contributed by atoms with Gasteiger partial charge in [0.2, 0.25) is 0 Å². The Bertz CT molecular complexity index is 2350. The molecule has 48 heavy (non-hydrogen) atoms. The van der Waals surface area contributed by atoms with E-state index in [4.69, 9.17) is 19.4 Å². The zero-order valence-corrected chi connectivity index (χ0v) is 28.6. The molecule has 14 nitrogen and oxygen atoms in total. The van der Waals surface area contributed by atoms with Crippen molar-refractivity contribution in [2.75, 3.05) is 14.2 Å². The number of esters is 2. The number of nitrogens with zero attached hydrogens (tertiary/aromatic N) is 2. The van der Waals surface area contributed by atoms with Crippen LogP contribution in [0.3, 0.4) is 0 Å². The maximum Gasteiger partial charge on any atom is 0.305 e. The van der Waals surface area contributed by atoms with E-state index < -0.39 is 42.0 Å². The highest BCUT2D eigenvalue weighted by atomic mass is 32.2. The topological polar surface area (TPSA) is 224 Å². The molecule has 5 heterocycles. The summed E-state index contributed by atoms with van der Waals surface area (Å²) in [5, 5.41) is 0. The number of fused-ring (bicyclic) bond motifs is 8. The Morgan fingerprint density at radius 3 is 1.40 bits per heavy atom. The highest BCUT2D eigenvalue weighted by molar-refractivity contribution is 7.86. The fourth-order valence-electron chi connectivity index (χ4n) is 5.99. The second kappa shape index (κ2) is 12.8. The van der Waals surface area contributed by atoms with Crippen LogP contribution in [0.15, 0.2) is 34.1 Å². The lowest BCUT2D eigenvalue weighted by molar-refractivity contribution is -0.141. The van der Waals surface area contributed by atoms with Crippen molar-refractivity contribution < 1.29 is 45.0 Å². The smallest absolute Gasteiger partial charge is 0.305 e. The molecule has 2 N–H and O–H groups in total. The lowest BCUT2D eigenvalue weighted by Crippen LogP contribution is -2.01. The van der Waals surface area contributed by atoms with Crippen molar-refractivity contribution in [2.45, 2.75) is 63.2 Å².